The van der Waals surface area contributed by atoms with Gasteiger partial charge in [-0.05, 0) is 6.42 Å². The van der Waals surface area contributed by atoms with Gasteiger partial charge in [0.25, 0.3) is 0 Å². The molecule has 18 heavy (non-hydrogen) atoms. The minimum Gasteiger partial charge on any atom is -0.445 e. The number of amides is 1. The second kappa shape index (κ2) is 7.01. The van der Waals surface area contributed by atoms with E-state index < -0.39 is 17.9 Å². The van der Waals surface area contributed by atoms with Gasteiger partial charge < -0.3 is 14.5 Å². The average molecular weight is 337 g/mol. The predicted molar refractivity (Wildman–Crippen MR) is 72.0 cm³/mol. The predicted octanol–water partition coefficient (Wildman–Crippen LogP) is 2.59. The summed E-state index contributed by atoms with van der Waals surface area (Å²) in [6, 6.07) is 0. The summed E-state index contributed by atoms with van der Waals surface area (Å²) in [7, 11) is -2.51. The highest BCUT2D eigenvalue weighted by molar-refractivity contribution is 7.38. The highest BCUT2D eigenvalue weighted by Crippen LogP contribution is 2.27. The van der Waals surface area contributed by atoms with Gasteiger partial charge in [0, 0.05) is 19.3 Å². The summed E-state index contributed by atoms with van der Waals surface area (Å²) in [6.07, 6.45) is 1.92. The van der Waals surface area contributed by atoms with E-state index in [-0.39, 0.29) is 12.8 Å². The monoisotopic (exact) mass is 335 g/mol. The van der Waals surface area contributed by atoms with E-state index in [4.69, 9.17) is 44.4 Å². The van der Waals surface area contributed by atoms with Crippen molar-refractivity contribution >= 4 is 48.9 Å². The zero-order valence-electron chi connectivity index (χ0n) is 9.37. The van der Waals surface area contributed by atoms with Crippen LogP contribution in [0.25, 0.3) is 0 Å². The molecular formula is C9H13Cl3NO4P. The molecule has 1 heterocycles. The van der Waals surface area contributed by atoms with E-state index in [1.165, 1.54) is 4.90 Å². The van der Waals surface area contributed by atoms with Gasteiger partial charge in [-0.25, -0.2) is 4.79 Å². The number of rotatable bonds is 3. The van der Waals surface area contributed by atoms with Crippen molar-refractivity contribution in [2.45, 2.75) is 10.2 Å². The van der Waals surface area contributed by atoms with E-state index in [9.17, 15) is 9.36 Å². The van der Waals surface area contributed by atoms with E-state index in [1.807, 2.05) is 0 Å². The Balaban J connectivity index is 2.40. The molecule has 1 aliphatic rings. The van der Waals surface area contributed by atoms with Crippen molar-refractivity contribution in [3.63, 3.8) is 0 Å². The van der Waals surface area contributed by atoms with Gasteiger partial charge in [0.1, 0.15) is 6.61 Å². The number of halogens is 3. The lowest BCUT2D eigenvalue weighted by Gasteiger charge is -2.26. The maximum Gasteiger partial charge on any atom is 0.410 e. The molecule has 104 valence electrons. The highest BCUT2D eigenvalue weighted by atomic mass is 35.6. The van der Waals surface area contributed by atoms with Crippen molar-refractivity contribution in [3.8, 4) is 0 Å². The summed E-state index contributed by atoms with van der Waals surface area (Å²) in [5, 5.41) is 0. The standard InChI is InChI=1S/C9H13Cl3NO4P/c10-9(11,12)6-17-8(14)13-3-1-7(2-4-13)5-18(15)16/h1,18H,2-6H2,(H,15,16). The van der Waals surface area contributed by atoms with Crippen LogP contribution in [-0.4, -0.2) is 45.5 Å². The highest BCUT2D eigenvalue weighted by Gasteiger charge is 2.25. The molecule has 0 bridgehead atoms. The maximum atomic E-state index is 11.6. The first kappa shape index (κ1) is 16.1. The molecule has 0 saturated heterocycles. The molecule has 1 rings (SSSR count). The molecule has 0 aromatic heterocycles. The first-order valence-electron chi connectivity index (χ1n) is 5.16. The molecule has 0 aliphatic carbocycles. The molecule has 0 aromatic carbocycles. The minimum atomic E-state index is -2.51. The number of ether oxygens (including phenoxy) is 1. The van der Waals surface area contributed by atoms with Crippen LogP contribution in [0.5, 0.6) is 0 Å². The van der Waals surface area contributed by atoms with Gasteiger partial charge in [-0.2, -0.15) is 0 Å². The van der Waals surface area contributed by atoms with E-state index >= 15 is 0 Å². The van der Waals surface area contributed by atoms with Crippen molar-refractivity contribution in [1.82, 2.24) is 4.90 Å². The van der Waals surface area contributed by atoms with Crippen LogP contribution in [0.15, 0.2) is 11.6 Å². The summed E-state index contributed by atoms with van der Waals surface area (Å²) in [6.45, 7) is 0.455. The third kappa shape index (κ3) is 6.30. The Bertz CT molecular complexity index is 369. The van der Waals surface area contributed by atoms with Crippen LogP contribution in [-0.2, 0) is 9.30 Å². The van der Waals surface area contributed by atoms with Crippen LogP contribution in [0.1, 0.15) is 6.42 Å². The molecule has 1 N–H and O–H groups in total. The number of carbonyl (C=O) groups excluding carboxylic acids is 1. The van der Waals surface area contributed by atoms with Crippen molar-refractivity contribution in [1.29, 1.82) is 0 Å². The Hall–Kier alpha value is 0.0700. The second-order valence-corrected chi connectivity index (χ2v) is 7.46. The zero-order valence-corrected chi connectivity index (χ0v) is 12.6. The molecule has 0 aromatic rings. The molecule has 1 amide bonds. The average Bonchev–Trinajstić information content (AvgIpc) is 2.25. The van der Waals surface area contributed by atoms with Gasteiger partial charge in [0.2, 0.25) is 3.79 Å². The summed E-state index contributed by atoms with van der Waals surface area (Å²) >= 11 is 16.4. The fourth-order valence-electron chi connectivity index (χ4n) is 1.47. The normalized spacial score (nSPS) is 18.2. The number of carbonyl (C=O) groups is 1. The second-order valence-electron chi connectivity index (χ2n) is 3.80. The van der Waals surface area contributed by atoms with Gasteiger partial charge in [-0.1, -0.05) is 46.5 Å². The van der Waals surface area contributed by atoms with E-state index in [0.717, 1.165) is 5.57 Å². The Morgan fingerprint density at radius 2 is 2.22 bits per heavy atom. The largest absolute Gasteiger partial charge is 0.445 e. The lowest BCUT2D eigenvalue weighted by Crippen LogP contribution is -2.36. The van der Waals surface area contributed by atoms with Gasteiger partial charge in [0.15, 0.2) is 8.03 Å². The van der Waals surface area contributed by atoms with Crippen LogP contribution >= 0.6 is 42.8 Å². The molecule has 9 heteroatoms. The Morgan fingerprint density at radius 3 is 2.67 bits per heavy atom. The number of nitrogens with zero attached hydrogens (tertiary/aromatic N) is 1. The van der Waals surface area contributed by atoms with E-state index in [0.29, 0.717) is 19.5 Å². The van der Waals surface area contributed by atoms with E-state index in [1.54, 1.807) is 6.08 Å². The number of hydrogen-bond donors (Lipinski definition) is 1. The summed E-state index contributed by atoms with van der Waals surface area (Å²) in [5.74, 6) is 0. The molecule has 0 radical (unpaired) electrons. The van der Waals surface area contributed by atoms with Crippen molar-refractivity contribution < 1.29 is 19.0 Å². The summed E-state index contributed by atoms with van der Waals surface area (Å²) < 4.78 is 13.9. The topological polar surface area (TPSA) is 66.8 Å². The molecule has 0 fully saturated rings. The van der Waals surface area contributed by atoms with Crippen LogP contribution in [0.4, 0.5) is 4.79 Å². The molecule has 0 spiro atoms. The van der Waals surface area contributed by atoms with Crippen LogP contribution < -0.4 is 0 Å². The maximum absolute atomic E-state index is 11.6. The number of hydrogen-bond acceptors (Lipinski definition) is 3. The van der Waals surface area contributed by atoms with Crippen LogP contribution in [0.3, 0.4) is 0 Å². The summed E-state index contributed by atoms with van der Waals surface area (Å²) in [4.78, 5) is 21.8. The smallest absolute Gasteiger partial charge is 0.410 e. The van der Waals surface area contributed by atoms with Gasteiger partial charge in [0.05, 0.1) is 0 Å². The zero-order chi connectivity index (χ0) is 13.8. The van der Waals surface area contributed by atoms with Crippen molar-refractivity contribution in [2.24, 2.45) is 0 Å². The first-order valence-corrected chi connectivity index (χ1v) is 7.86. The van der Waals surface area contributed by atoms with Crippen molar-refractivity contribution in [3.05, 3.63) is 11.6 Å². The lowest BCUT2D eigenvalue weighted by molar-refractivity contribution is 0.107. The molecule has 5 nitrogen and oxygen atoms in total. The van der Waals surface area contributed by atoms with E-state index in [2.05, 4.69) is 0 Å². The SMILES string of the molecule is O=C(OCC(Cl)(Cl)Cl)N1CC=C(C[PH](=O)O)CC1. The van der Waals surface area contributed by atoms with Gasteiger partial charge >= 0.3 is 6.09 Å². The molecule has 0 saturated carbocycles. The molecular weight excluding hydrogens is 323 g/mol. The first-order chi connectivity index (χ1) is 8.28. The molecule has 1 aliphatic heterocycles. The Labute approximate surface area is 120 Å². The van der Waals surface area contributed by atoms with Gasteiger partial charge in [-0.3, -0.25) is 4.57 Å². The van der Waals surface area contributed by atoms with Crippen molar-refractivity contribution in [2.75, 3.05) is 25.9 Å². The quantitative estimate of drug-likeness (QED) is 0.489. The fourth-order valence-corrected chi connectivity index (χ4v) is 2.34. The summed E-state index contributed by atoms with van der Waals surface area (Å²) in [5.41, 5.74) is 0.881. The third-order valence-corrected chi connectivity index (χ3v) is 3.38. The lowest BCUT2D eigenvalue weighted by atomic mass is 10.1. The minimum absolute atomic E-state index is 0.182. The Kier molecular flexibility index (Phi) is 6.28. The third-order valence-electron chi connectivity index (χ3n) is 2.30. The molecule has 1 atom stereocenters. The number of alkyl halides is 3. The van der Waals surface area contributed by atoms with Crippen LogP contribution in [0.2, 0.25) is 0 Å². The molecule has 1 unspecified atom stereocenters. The van der Waals surface area contributed by atoms with Crippen LogP contribution in [0, 0.1) is 0 Å². The Morgan fingerprint density at radius 1 is 1.56 bits per heavy atom. The van der Waals surface area contributed by atoms with Gasteiger partial charge in [-0.15, -0.1) is 0 Å². The fraction of sp³-hybridized carbons (Fsp3) is 0.667.